The summed E-state index contributed by atoms with van der Waals surface area (Å²) >= 11 is 0. The Balaban J connectivity index is 1.88. The summed E-state index contributed by atoms with van der Waals surface area (Å²) in [6, 6.07) is 15.5. The Labute approximate surface area is 149 Å². The molecule has 0 saturated carbocycles. The molecular weight excluding hydrogens is 314 g/mol. The second-order valence-corrected chi connectivity index (χ2v) is 6.25. The third-order valence-electron chi connectivity index (χ3n) is 3.97. The molecule has 0 radical (unpaired) electrons. The third-order valence-corrected chi connectivity index (χ3v) is 3.97. The molecular formula is C20H26N3O2+. The van der Waals surface area contributed by atoms with Gasteiger partial charge in [0.1, 0.15) is 6.54 Å². The number of likely N-dealkylation sites (N-methyl/N-ethyl adjacent to an activating group) is 1. The lowest BCUT2D eigenvalue weighted by atomic mass is 10.1. The van der Waals surface area contributed by atoms with Crippen LogP contribution >= 0.6 is 0 Å². The number of amides is 2. The minimum Gasteiger partial charge on any atom is -0.326 e. The van der Waals surface area contributed by atoms with Gasteiger partial charge in [-0.25, -0.2) is 0 Å². The van der Waals surface area contributed by atoms with Gasteiger partial charge in [-0.1, -0.05) is 29.8 Å². The molecule has 1 atom stereocenters. The van der Waals surface area contributed by atoms with Crippen LogP contribution in [0.4, 0.5) is 11.4 Å². The van der Waals surface area contributed by atoms with Crippen LogP contribution in [0.1, 0.15) is 25.0 Å². The second kappa shape index (κ2) is 8.99. The van der Waals surface area contributed by atoms with Gasteiger partial charge in [-0.05, 0) is 38.1 Å². The first-order valence-corrected chi connectivity index (χ1v) is 8.53. The summed E-state index contributed by atoms with van der Waals surface area (Å²) in [6.07, 6.45) is 0. The average molecular weight is 340 g/mol. The first-order chi connectivity index (χ1) is 12.0. The second-order valence-electron chi connectivity index (χ2n) is 6.25. The maximum absolute atomic E-state index is 12.3. The van der Waals surface area contributed by atoms with E-state index in [9.17, 15) is 9.59 Å². The number of anilines is 2. The number of aryl methyl sites for hydroxylation is 1. The maximum atomic E-state index is 12.3. The smallest absolute Gasteiger partial charge is 0.279 e. The summed E-state index contributed by atoms with van der Waals surface area (Å²) in [5.74, 6) is -0.133. The van der Waals surface area contributed by atoms with Crippen molar-refractivity contribution in [3.8, 4) is 0 Å². The lowest BCUT2D eigenvalue weighted by Crippen LogP contribution is -3.11. The molecule has 0 fully saturated rings. The van der Waals surface area contributed by atoms with Crippen LogP contribution in [0.25, 0.3) is 0 Å². The molecule has 0 spiro atoms. The molecule has 0 aliphatic rings. The minimum absolute atomic E-state index is 0.0174. The molecule has 0 aromatic heterocycles. The van der Waals surface area contributed by atoms with Crippen molar-refractivity contribution in [3.05, 3.63) is 59.7 Å². The van der Waals surface area contributed by atoms with E-state index in [-0.39, 0.29) is 11.8 Å². The van der Waals surface area contributed by atoms with Crippen LogP contribution in [0.2, 0.25) is 0 Å². The van der Waals surface area contributed by atoms with Crippen molar-refractivity contribution in [3.63, 3.8) is 0 Å². The fraction of sp³-hybridized carbons (Fsp3) is 0.300. The molecule has 2 rings (SSSR count). The van der Waals surface area contributed by atoms with Gasteiger partial charge in [-0.3, -0.25) is 9.59 Å². The van der Waals surface area contributed by atoms with Crippen molar-refractivity contribution in [2.24, 2.45) is 0 Å². The van der Waals surface area contributed by atoms with Crippen LogP contribution in [0.15, 0.2) is 48.5 Å². The van der Waals surface area contributed by atoms with E-state index in [1.165, 1.54) is 23.0 Å². The van der Waals surface area contributed by atoms with Gasteiger partial charge in [-0.15, -0.1) is 0 Å². The Hall–Kier alpha value is -2.66. The molecule has 25 heavy (non-hydrogen) atoms. The predicted octanol–water partition coefficient (Wildman–Crippen LogP) is 2.00. The van der Waals surface area contributed by atoms with Gasteiger partial charge in [0.2, 0.25) is 5.91 Å². The zero-order chi connectivity index (χ0) is 18.2. The van der Waals surface area contributed by atoms with Crippen molar-refractivity contribution in [2.75, 3.05) is 23.7 Å². The number of rotatable bonds is 7. The molecule has 0 aliphatic carbocycles. The van der Waals surface area contributed by atoms with Crippen LogP contribution < -0.4 is 15.5 Å². The summed E-state index contributed by atoms with van der Waals surface area (Å²) in [4.78, 5) is 24.5. The van der Waals surface area contributed by atoms with Gasteiger partial charge in [0, 0.05) is 23.9 Å². The minimum atomic E-state index is -0.116. The number of carbonyl (C=O) groups excluding carboxylic acids is 2. The van der Waals surface area contributed by atoms with Crippen molar-refractivity contribution in [2.45, 2.75) is 27.3 Å². The van der Waals surface area contributed by atoms with Crippen LogP contribution in [0.3, 0.4) is 0 Å². The van der Waals surface area contributed by atoms with Gasteiger partial charge >= 0.3 is 0 Å². The Morgan fingerprint density at radius 2 is 1.48 bits per heavy atom. The summed E-state index contributed by atoms with van der Waals surface area (Å²) in [5, 5.41) is 5.61. The van der Waals surface area contributed by atoms with Crippen molar-refractivity contribution in [1.29, 1.82) is 0 Å². The lowest BCUT2D eigenvalue weighted by Gasteiger charge is -2.17. The van der Waals surface area contributed by atoms with Crippen LogP contribution in [0.5, 0.6) is 0 Å². The summed E-state index contributed by atoms with van der Waals surface area (Å²) < 4.78 is 0. The van der Waals surface area contributed by atoms with Crippen LogP contribution in [-0.2, 0) is 16.1 Å². The van der Waals surface area contributed by atoms with Gasteiger partial charge < -0.3 is 15.5 Å². The largest absolute Gasteiger partial charge is 0.326 e. The Morgan fingerprint density at radius 3 is 2.00 bits per heavy atom. The SMILES string of the molecule is CC[NH+](CC(=O)Nc1ccc(NC(C)=O)cc1)Cc1ccc(C)cc1. The highest BCUT2D eigenvalue weighted by atomic mass is 16.2. The zero-order valence-electron chi connectivity index (χ0n) is 15.1. The Kier molecular flexibility index (Phi) is 6.71. The highest BCUT2D eigenvalue weighted by Gasteiger charge is 2.13. The van der Waals surface area contributed by atoms with E-state index in [0.717, 1.165) is 18.8 Å². The van der Waals surface area contributed by atoms with E-state index in [2.05, 4.69) is 48.7 Å². The molecule has 0 heterocycles. The Bertz CT molecular complexity index is 709. The van der Waals surface area contributed by atoms with E-state index < -0.39 is 0 Å². The highest BCUT2D eigenvalue weighted by Crippen LogP contribution is 2.13. The fourth-order valence-electron chi connectivity index (χ4n) is 2.58. The molecule has 5 heteroatoms. The van der Waals surface area contributed by atoms with E-state index in [0.29, 0.717) is 12.2 Å². The lowest BCUT2D eigenvalue weighted by molar-refractivity contribution is -0.903. The van der Waals surface area contributed by atoms with Gasteiger partial charge in [0.15, 0.2) is 6.54 Å². The molecule has 132 valence electrons. The highest BCUT2D eigenvalue weighted by molar-refractivity contribution is 5.92. The molecule has 2 aromatic rings. The molecule has 0 aliphatic heterocycles. The molecule has 0 saturated heterocycles. The standard InChI is InChI=1S/C20H25N3O2/c1-4-23(13-17-7-5-15(2)6-8-17)14-20(25)22-19-11-9-18(10-12-19)21-16(3)24/h5-12H,4,13-14H2,1-3H3,(H,21,24)(H,22,25)/p+1. The molecule has 1 unspecified atom stereocenters. The Morgan fingerprint density at radius 1 is 0.920 bits per heavy atom. The number of nitrogens with one attached hydrogen (secondary N) is 3. The fourth-order valence-corrected chi connectivity index (χ4v) is 2.58. The van der Waals surface area contributed by atoms with Crippen LogP contribution in [0, 0.1) is 6.92 Å². The number of hydrogen-bond donors (Lipinski definition) is 3. The molecule has 3 N–H and O–H groups in total. The molecule has 0 bridgehead atoms. The van der Waals surface area contributed by atoms with Gasteiger partial charge in [-0.2, -0.15) is 0 Å². The first kappa shape index (κ1) is 18.7. The molecule has 2 amide bonds. The number of carbonyl (C=O) groups is 2. The first-order valence-electron chi connectivity index (χ1n) is 8.53. The van der Waals surface area contributed by atoms with Gasteiger partial charge in [0.25, 0.3) is 5.91 Å². The normalized spacial score (nSPS) is 11.6. The van der Waals surface area contributed by atoms with E-state index in [4.69, 9.17) is 0 Å². The van der Waals surface area contributed by atoms with Crippen LogP contribution in [-0.4, -0.2) is 24.9 Å². The summed E-state index contributed by atoms with van der Waals surface area (Å²) in [5.41, 5.74) is 3.91. The van der Waals surface area contributed by atoms with E-state index in [1.54, 1.807) is 24.3 Å². The summed E-state index contributed by atoms with van der Waals surface area (Å²) in [7, 11) is 0. The van der Waals surface area contributed by atoms with Gasteiger partial charge in [0.05, 0.1) is 6.54 Å². The number of quaternary nitrogens is 1. The van der Waals surface area contributed by atoms with E-state index >= 15 is 0 Å². The average Bonchev–Trinajstić information content (AvgIpc) is 2.57. The predicted molar refractivity (Wildman–Crippen MR) is 101 cm³/mol. The zero-order valence-corrected chi connectivity index (χ0v) is 15.1. The van der Waals surface area contributed by atoms with Crippen molar-refractivity contribution in [1.82, 2.24) is 0 Å². The van der Waals surface area contributed by atoms with Crippen molar-refractivity contribution >= 4 is 23.2 Å². The van der Waals surface area contributed by atoms with Crippen molar-refractivity contribution < 1.29 is 14.5 Å². The topological polar surface area (TPSA) is 62.6 Å². The monoisotopic (exact) mass is 340 g/mol. The molecule has 5 nitrogen and oxygen atoms in total. The number of benzene rings is 2. The third kappa shape index (κ3) is 6.39. The number of hydrogen-bond acceptors (Lipinski definition) is 2. The quantitative estimate of drug-likeness (QED) is 0.722. The van der Waals surface area contributed by atoms with E-state index in [1.807, 2.05) is 0 Å². The summed E-state index contributed by atoms with van der Waals surface area (Å²) in [6.45, 7) is 7.73. The molecule has 2 aromatic carbocycles. The maximum Gasteiger partial charge on any atom is 0.279 e.